The van der Waals surface area contributed by atoms with Crippen LogP contribution in [0, 0.1) is 0 Å². The van der Waals surface area contributed by atoms with E-state index in [1.807, 2.05) is 0 Å². The summed E-state index contributed by atoms with van der Waals surface area (Å²) in [6, 6.07) is 8.58. The predicted octanol–water partition coefficient (Wildman–Crippen LogP) is 3.40. The molecule has 0 radical (unpaired) electrons. The lowest BCUT2D eigenvalue weighted by molar-refractivity contribution is 0.0252. The van der Waals surface area contributed by atoms with E-state index >= 15 is 0 Å². The average Bonchev–Trinajstić information content (AvgIpc) is 3.42. The molecule has 2 saturated heterocycles. The van der Waals surface area contributed by atoms with Crippen LogP contribution in [0.1, 0.15) is 50.0 Å². The van der Waals surface area contributed by atoms with Gasteiger partial charge in [-0.15, -0.1) is 0 Å². The molecule has 24 heavy (non-hydrogen) atoms. The highest BCUT2D eigenvalue weighted by atomic mass is 16.5. The molecule has 3 aliphatic heterocycles. The van der Waals surface area contributed by atoms with Crippen molar-refractivity contribution in [2.24, 2.45) is 0 Å². The Kier molecular flexibility index (Phi) is 3.90. The lowest BCUT2D eigenvalue weighted by Crippen LogP contribution is -2.49. The van der Waals surface area contributed by atoms with Gasteiger partial charge in [-0.25, -0.2) is 0 Å². The van der Waals surface area contributed by atoms with Gasteiger partial charge in [-0.3, -0.25) is 0 Å². The first-order valence-electron chi connectivity index (χ1n) is 9.85. The molecular weight excluding hydrogens is 298 g/mol. The third kappa shape index (κ3) is 2.80. The maximum Gasteiger partial charge on any atom is 0.0880 e. The summed E-state index contributed by atoms with van der Waals surface area (Å²) in [5.41, 5.74) is 4.36. The first-order valence-corrected chi connectivity index (χ1v) is 9.85. The van der Waals surface area contributed by atoms with Crippen molar-refractivity contribution >= 4 is 11.4 Å². The average molecular weight is 327 g/mol. The number of piperidine rings is 1. The molecular formula is C20H29N3O. The molecule has 1 aromatic rings. The number of rotatable bonds is 3. The number of hydrogen-bond donors (Lipinski definition) is 1. The summed E-state index contributed by atoms with van der Waals surface area (Å²) in [4.78, 5) is 5.37. The second-order valence-corrected chi connectivity index (χ2v) is 7.97. The minimum atomic E-state index is 0.698. The summed E-state index contributed by atoms with van der Waals surface area (Å²) in [6.07, 6.45) is 7.82. The van der Waals surface area contributed by atoms with Crippen molar-refractivity contribution in [2.75, 3.05) is 43.2 Å². The SMILES string of the molecule is c1cc2c(cc1C1CC1)N(C1CCN(C3CCOCC3)CC1)CN2. The maximum absolute atomic E-state index is 5.52. The molecule has 0 atom stereocenters. The Balaban J connectivity index is 1.25. The summed E-state index contributed by atoms with van der Waals surface area (Å²) >= 11 is 0. The molecule has 3 heterocycles. The molecule has 1 N–H and O–H groups in total. The van der Waals surface area contributed by atoms with Gasteiger partial charge in [0.2, 0.25) is 0 Å². The van der Waals surface area contributed by atoms with Gasteiger partial charge in [0.1, 0.15) is 0 Å². The first-order chi connectivity index (χ1) is 11.9. The van der Waals surface area contributed by atoms with Gasteiger partial charge in [0.15, 0.2) is 0 Å². The molecule has 4 heteroatoms. The van der Waals surface area contributed by atoms with Crippen LogP contribution in [0.4, 0.5) is 11.4 Å². The second kappa shape index (κ2) is 6.23. The highest BCUT2D eigenvalue weighted by molar-refractivity contribution is 5.76. The monoisotopic (exact) mass is 327 g/mol. The van der Waals surface area contributed by atoms with Crippen LogP contribution in [0.3, 0.4) is 0 Å². The van der Waals surface area contributed by atoms with E-state index < -0.39 is 0 Å². The minimum Gasteiger partial charge on any atom is -0.381 e. The van der Waals surface area contributed by atoms with E-state index in [0.29, 0.717) is 6.04 Å². The summed E-state index contributed by atoms with van der Waals surface area (Å²) in [5, 5.41) is 3.60. The standard InChI is InChI=1S/C20H29N3O/c1-2-15(1)16-3-4-19-20(13-16)23(14-21-19)18-5-9-22(10-6-18)17-7-11-24-12-8-17/h3-4,13,15,17-18,21H,1-2,5-12,14H2. The highest BCUT2D eigenvalue weighted by Crippen LogP contribution is 2.44. The fraction of sp³-hybridized carbons (Fsp3) is 0.700. The van der Waals surface area contributed by atoms with Crippen LogP contribution in [-0.2, 0) is 4.74 Å². The minimum absolute atomic E-state index is 0.698. The Morgan fingerprint density at radius 2 is 1.71 bits per heavy atom. The zero-order valence-corrected chi connectivity index (χ0v) is 14.5. The molecule has 1 aromatic carbocycles. The van der Waals surface area contributed by atoms with Crippen molar-refractivity contribution in [3.05, 3.63) is 23.8 Å². The van der Waals surface area contributed by atoms with E-state index in [9.17, 15) is 0 Å². The van der Waals surface area contributed by atoms with E-state index in [4.69, 9.17) is 4.74 Å². The predicted molar refractivity (Wildman–Crippen MR) is 97.8 cm³/mol. The topological polar surface area (TPSA) is 27.7 Å². The quantitative estimate of drug-likeness (QED) is 0.921. The molecule has 5 rings (SSSR count). The number of benzene rings is 1. The van der Waals surface area contributed by atoms with Crippen LogP contribution in [-0.4, -0.2) is 50.0 Å². The van der Waals surface area contributed by atoms with Crippen LogP contribution < -0.4 is 10.2 Å². The van der Waals surface area contributed by atoms with E-state index in [2.05, 4.69) is 33.3 Å². The highest BCUT2D eigenvalue weighted by Gasteiger charge is 2.33. The van der Waals surface area contributed by atoms with Crippen LogP contribution in [0.5, 0.6) is 0 Å². The van der Waals surface area contributed by atoms with E-state index in [0.717, 1.165) is 31.8 Å². The molecule has 130 valence electrons. The molecule has 0 aromatic heterocycles. The van der Waals surface area contributed by atoms with Gasteiger partial charge in [0.05, 0.1) is 18.0 Å². The Labute approximate surface area is 145 Å². The normalized spacial score (nSPS) is 26.4. The van der Waals surface area contributed by atoms with Gasteiger partial charge in [0, 0.05) is 38.4 Å². The van der Waals surface area contributed by atoms with Crippen molar-refractivity contribution in [3.63, 3.8) is 0 Å². The van der Waals surface area contributed by atoms with Gasteiger partial charge in [-0.1, -0.05) is 6.07 Å². The Morgan fingerprint density at radius 1 is 0.917 bits per heavy atom. The van der Waals surface area contributed by atoms with Crippen molar-refractivity contribution in [1.29, 1.82) is 0 Å². The summed E-state index contributed by atoms with van der Waals surface area (Å²) in [5.74, 6) is 0.841. The molecule has 0 bridgehead atoms. The number of ether oxygens (including phenoxy) is 1. The lowest BCUT2D eigenvalue weighted by atomic mass is 9.98. The third-order valence-electron chi connectivity index (χ3n) is 6.47. The van der Waals surface area contributed by atoms with Crippen LogP contribution in [0.2, 0.25) is 0 Å². The van der Waals surface area contributed by atoms with Crippen LogP contribution in [0.25, 0.3) is 0 Å². The number of nitrogens with one attached hydrogen (secondary N) is 1. The van der Waals surface area contributed by atoms with Crippen LogP contribution >= 0.6 is 0 Å². The summed E-state index contributed by atoms with van der Waals surface area (Å²) in [6.45, 7) is 5.41. The fourth-order valence-corrected chi connectivity index (χ4v) is 4.80. The van der Waals surface area contributed by atoms with E-state index in [-0.39, 0.29) is 0 Å². The number of nitrogens with zero attached hydrogens (tertiary/aromatic N) is 2. The summed E-state index contributed by atoms with van der Waals surface area (Å²) in [7, 11) is 0. The molecule has 3 fully saturated rings. The first kappa shape index (κ1) is 15.0. The fourth-order valence-electron chi connectivity index (χ4n) is 4.80. The maximum atomic E-state index is 5.52. The molecule has 0 unspecified atom stereocenters. The van der Waals surface area contributed by atoms with Crippen LogP contribution in [0.15, 0.2) is 18.2 Å². The molecule has 1 aliphatic carbocycles. The van der Waals surface area contributed by atoms with Gasteiger partial charge >= 0.3 is 0 Å². The van der Waals surface area contributed by atoms with E-state index in [1.54, 1.807) is 5.56 Å². The smallest absolute Gasteiger partial charge is 0.0880 e. The van der Waals surface area contributed by atoms with Gasteiger partial charge in [-0.05, 0) is 62.1 Å². The van der Waals surface area contributed by atoms with Gasteiger partial charge in [-0.2, -0.15) is 0 Å². The lowest BCUT2D eigenvalue weighted by Gasteiger charge is -2.42. The molecule has 0 spiro atoms. The van der Waals surface area contributed by atoms with Crippen molar-refractivity contribution < 1.29 is 4.74 Å². The molecule has 4 nitrogen and oxygen atoms in total. The number of likely N-dealkylation sites (tertiary alicyclic amines) is 1. The van der Waals surface area contributed by atoms with Gasteiger partial charge < -0.3 is 19.9 Å². The number of anilines is 2. The molecule has 0 amide bonds. The van der Waals surface area contributed by atoms with Crippen molar-refractivity contribution in [3.8, 4) is 0 Å². The Bertz CT molecular complexity index is 587. The van der Waals surface area contributed by atoms with E-state index in [1.165, 1.54) is 63.0 Å². The van der Waals surface area contributed by atoms with Crippen molar-refractivity contribution in [2.45, 2.75) is 56.5 Å². The third-order valence-corrected chi connectivity index (χ3v) is 6.47. The zero-order chi connectivity index (χ0) is 15.9. The number of fused-ring (bicyclic) bond motifs is 1. The van der Waals surface area contributed by atoms with Gasteiger partial charge in [0.25, 0.3) is 0 Å². The van der Waals surface area contributed by atoms with Crippen molar-refractivity contribution in [1.82, 2.24) is 4.90 Å². The largest absolute Gasteiger partial charge is 0.381 e. The molecule has 1 saturated carbocycles. The zero-order valence-electron chi connectivity index (χ0n) is 14.5. The Hall–Kier alpha value is -1.26. The summed E-state index contributed by atoms with van der Waals surface area (Å²) < 4.78 is 5.52. The number of hydrogen-bond acceptors (Lipinski definition) is 4. The molecule has 4 aliphatic rings. The Morgan fingerprint density at radius 3 is 2.46 bits per heavy atom. The second-order valence-electron chi connectivity index (χ2n) is 7.97.